The number of guanidine groups is 1. The SMILES string of the molecule is CC(C)C1Nc2cccc(c2)CNC(=O)CC(C(=O)O)NC(=O)CNC(=O)[C@H](CCCN=C(N)N)NC1=O. The smallest absolute Gasteiger partial charge is 0.326 e. The van der Waals surface area contributed by atoms with Crippen molar-refractivity contribution in [1.29, 1.82) is 0 Å². The van der Waals surface area contributed by atoms with Crippen molar-refractivity contribution < 1.29 is 29.1 Å². The van der Waals surface area contributed by atoms with Gasteiger partial charge in [-0.2, -0.15) is 0 Å². The minimum Gasteiger partial charge on any atom is -0.480 e. The van der Waals surface area contributed by atoms with Gasteiger partial charge in [0.1, 0.15) is 18.1 Å². The third kappa shape index (κ3) is 9.95. The molecule has 1 aliphatic rings. The number of hydrogen-bond donors (Lipinski definition) is 8. The number of nitrogens with zero attached hydrogens (tertiary/aromatic N) is 1. The molecule has 208 valence electrons. The summed E-state index contributed by atoms with van der Waals surface area (Å²) in [5, 5.41) is 22.6. The van der Waals surface area contributed by atoms with E-state index in [2.05, 4.69) is 31.6 Å². The lowest BCUT2D eigenvalue weighted by molar-refractivity contribution is -0.143. The van der Waals surface area contributed by atoms with Gasteiger partial charge >= 0.3 is 5.97 Å². The lowest BCUT2D eigenvalue weighted by Crippen LogP contribution is -2.54. The highest BCUT2D eigenvalue weighted by Gasteiger charge is 2.29. The average molecular weight is 533 g/mol. The zero-order valence-corrected chi connectivity index (χ0v) is 21.5. The van der Waals surface area contributed by atoms with Gasteiger partial charge < -0.3 is 43.2 Å². The van der Waals surface area contributed by atoms with Gasteiger partial charge in [-0.25, -0.2) is 4.79 Å². The van der Waals surface area contributed by atoms with Gasteiger partial charge in [0.15, 0.2) is 5.96 Å². The maximum Gasteiger partial charge on any atom is 0.326 e. The van der Waals surface area contributed by atoms with Gasteiger partial charge in [-0.3, -0.25) is 24.2 Å². The van der Waals surface area contributed by atoms with Crippen LogP contribution in [-0.4, -0.2) is 71.9 Å². The maximum absolute atomic E-state index is 13.2. The Labute approximate surface area is 220 Å². The number of benzene rings is 1. The minimum atomic E-state index is -1.49. The van der Waals surface area contributed by atoms with E-state index in [1.165, 1.54) is 0 Å². The van der Waals surface area contributed by atoms with Crippen molar-refractivity contribution in [2.75, 3.05) is 18.4 Å². The Hall–Kier alpha value is -4.36. The lowest BCUT2D eigenvalue weighted by Gasteiger charge is -2.26. The second-order valence-electron chi connectivity index (χ2n) is 9.23. The number of carboxylic acid groups (broad SMARTS) is 1. The molecule has 2 unspecified atom stereocenters. The fourth-order valence-corrected chi connectivity index (χ4v) is 3.71. The molecule has 4 amide bonds. The van der Waals surface area contributed by atoms with Gasteiger partial charge in [0.2, 0.25) is 23.6 Å². The lowest BCUT2D eigenvalue weighted by atomic mass is 10.0. The van der Waals surface area contributed by atoms with E-state index in [4.69, 9.17) is 11.5 Å². The normalized spacial score (nSPS) is 21.5. The Morgan fingerprint density at radius 2 is 1.76 bits per heavy atom. The molecule has 0 radical (unpaired) electrons. The predicted molar refractivity (Wildman–Crippen MR) is 140 cm³/mol. The average Bonchev–Trinajstić information content (AvgIpc) is 2.85. The van der Waals surface area contributed by atoms with E-state index in [1.807, 2.05) is 13.8 Å². The summed E-state index contributed by atoms with van der Waals surface area (Å²) in [6.07, 6.45) is 0.0422. The van der Waals surface area contributed by atoms with Crippen molar-refractivity contribution >= 4 is 41.2 Å². The summed E-state index contributed by atoms with van der Waals surface area (Å²) in [5.41, 5.74) is 12.0. The van der Waals surface area contributed by atoms with Gasteiger partial charge in [0.05, 0.1) is 13.0 Å². The molecule has 1 aromatic carbocycles. The largest absolute Gasteiger partial charge is 0.480 e. The second-order valence-corrected chi connectivity index (χ2v) is 9.23. The number of carbonyl (C=O) groups excluding carboxylic acids is 4. The van der Waals surface area contributed by atoms with Crippen molar-refractivity contribution in [3.63, 3.8) is 0 Å². The summed E-state index contributed by atoms with van der Waals surface area (Å²) < 4.78 is 0. The molecule has 38 heavy (non-hydrogen) atoms. The van der Waals surface area contributed by atoms with Crippen LogP contribution in [-0.2, 0) is 30.5 Å². The Bertz CT molecular complexity index is 1060. The molecule has 10 N–H and O–H groups in total. The summed E-state index contributed by atoms with van der Waals surface area (Å²) in [4.78, 5) is 66.3. The highest BCUT2D eigenvalue weighted by Crippen LogP contribution is 2.16. The molecular weight excluding hydrogens is 496 g/mol. The number of aliphatic imine (C=N–C) groups is 1. The fourth-order valence-electron chi connectivity index (χ4n) is 3.71. The first kappa shape index (κ1) is 29.9. The number of nitrogens with two attached hydrogens (primary N) is 2. The van der Waals surface area contributed by atoms with Gasteiger partial charge in [-0.15, -0.1) is 0 Å². The highest BCUT2D eigenvalue weighted by molar-refractivity contribution is 5.94. The van der Waals surface area contributed by atoms with Crippen molar-refractivity contribution in [3.8, 4) is 0 Å². The molecule has 0 fully saturated rings. The van der Waals surface area contributed by atoms with E-state index in [0.717, 1.165) is 0 Å². The summed E-state index contributed by atoms with van der Waals surface area (Å²) in [6.45, 7) is 3.49. The van der Waals surface area contributed by atoms with Crippen LogP contribution in [0.3, 0.4) is 0 Å². The number of fused-ring (bicyclic) bond motifs is 2. The number of carbonyl (C=O) groups is 5. The fraction of sp³-hybridized carbons (Fsp3) is 0.500. The Morgan fingerprint density at radius 3 is 2.42 bits per heavy atom. The Balaban J connectivity index is 2.33. The zero-order chi connectivity index (χ0) is 28.2. The number of amides is 4. The van der Waals surface area contributed by atoms with E-state index >= 15 is 0 Å². The molecule has 0 aromatic heterocycles. The molecule has 14 nitrogen and oxygen atoms in total. The van der Waals surface area contributed by atoms with Crippen molar-refractivity contribution in [2.45, 2.75) is 57.8 Å². The Morgan fingerprint density at radius 1 is 1.03 bits per heavy atom. The predicted octanol–water partition coefficient (Wildman–Crippen LogP) is -1.63. The van der Waals surface area contributed by atoms with Crippen LogP contribution in [0.5, 0.6) is 0 Å². The molecule has 14 heteroatoms. The molecule has 1 aliphatic heterocycles. The number of nitrogens with one attached hydrogen (secondary N) is 5. The molecule has 1 heterocycles. The molecule has 0 saturated heterocycles. The Kier molecular flexibility index (Phi) is 11.3. The first-order valence-corrected chi connectivity index (χ1v) is 12.2. The monoisotopic (exact) mass is 532 g/mol. The van der Waals surface area contributed by atoms with E-state index in [-0.39, 0.29) is 31.4 Å². The topological polar surface area (TPSA) is 230 Å². The van der Waals surface area contributed by atoms with Crippen LogP contribution in [0.1, 0.15) is 38.7 Å². The van der Waals surface area contributed by atoms with E-state index in [0.29, 0.717) is 17.7 Å². The number of aliphatic carboxylic acids is 1. The number of rotatable bonds is 6. The van der Waals surface area contributed by atoms with Crippen molar-refractivity contribution in [3.05, 3.63) is 29.8 Å². The summed E-state index contributed by atoms with van der Waals surface area (Å²) in [7, 11) is 0. The van der Waals surface area contributed by atoms with Gasteiger partial charge in [-0.05, 0) is 36.5 Å². The first-order chi connectivity index (χ1) is 18.0. The van der Waals surface area contributed by atoms with Crippen LogP contribution >= 0.6 is 0 Å². The van der Waals surface area contributed by atoms with Gasteiger partial charge in [0, 0.05) is 18.8 Å². The van der Waals surface area contributed by atoms with Crippen LogP contribution in [0.4, 0.5) is 5.69 Å². The third-order valence-electron chi connectivity index (χ3n) is 5.71. The molecule has 3 atom stereocenters. The zero-order valence-electron chi connectivity index (χ0n) is 21.5. The minimum absolute atomic E-state index is 0.104. The molecular formula is C24H36N8O6. The van der Waals surface area contributed by atoms with E-state index in [9.17, 15) is 29.1 Å². The van der Waals surface area contributed by atoms with Crippen molar-refractivity contribution in [1.82, 2.24) is 21.3 Å². The first-order valence-electron chi connectivity index (χ1n) is 12.2. The van der Waals surface area contributed by atoms with E-state index < -0.39 is 60.7 Å². The van der Waals surface area contributed by atoms with Crippen LogP contribution in [0.25, 0.3) is 0 Å². The van der Waals surface area contributed by atoms with Crippen LogP contribution in [0.2, 0.25) is 0 Å². The molecule has 2 rings (SSSR count). The van der Waals surface area contributed by atoms with Gasteiger partial charge in [0.25, 0.3) is 0 Å². The molecule has 0 aliphatic carbocycles. The van der Waals surface area contributed by atoms with E-state index in [1.54, 1.807) is 24.3 Å². The third-order valence-corrected chi connectivity index (χ3v) is 5.71. The number of hydrogen-bond acceptors (Lipinski definition) is 7. The summed E-state index contributed by atoms with van der Waals surface area (Å²) >= 11 is 0. The van der Waals surface area contributed by atoms with Crippen molar-refractivity contribution in [2.24, 2.45) is 22.4 Å². The molecule has 0 saturated carbocycles. The van der Waals surface area contributed by atoms with Crippen LogP contribution in [0.15, 0.2) is 29.3 Å². The summed E-state index contributed by atoms with van der Waals surface area (Å²) in [6, 6.07) is 3.82. The molecule has 1 aromatic rings. The quantitative estimate of drug-likeness (QED) is 0.119. The highest BCUT2D eigenvalue weighted by atomic mass is 16.4. The van der Waals surface area contributed by atoms with Gasteiger partial charge in [-0.1, -0.05) is 26.0 Å². The van der Waals surface area contributed by atoms with Crippen LogP contribution in [0, 0.1) is 5.92 Å². The second kappa shape index (κ2) is 14.4. The maximum atomic E-state index is 13.2. The standard InChI is InChI=1S/C24H36N8O6/c1-13(2)20-22(36)32-16(7-4-8-27-24(25)26)21(35)29-12-19(34)31-17(23(37)38)10-18(33)28-11-14-5-3-6-15(9-14)30-20/h3,5-6,9,13,16-17,20,30H,4,7-8,10-12H2,1-2H3,(H,28,33)(H,29,35)(H,31,34)(H,32,36)(H,37,38)(H4,25,26,27)/t16-,17?,20?/m0/s1. The number of anilines is 1. The summed E-state index contributed by atoms with van der Waals surface area (Å²) in [5.74, 6) is -4.13. The van der Waals surface area contributed by atoms with Crippen LogP contribution < -0.4 is 38.1 Å². The molecule has 0 spiro atoms. The number of carboxylic acids is 1. The molecule has 2 bridgehead atoms.